The van der Waals surface area contributed by atoms with Gasteiger partial charge < -0.3 is 52.0 Å². The fraction of sp³-hybridized carbons (Fsp3) is 0.543. The second-order valence-corrected chi connectivity index (χ2v) is 24.1. The van der Waals surface area contributed by atoms with Crippen molar-refractivity contribution >= 4 is 47.6 Å². The van der Waals surface area contributed by atoms with Gasteiger partial charge >= 0.3 is 12.2 Å². The summed E-state index contributed by atoms with van der Waals surface area (Å²) in [5.41, 5.74) is 3.25. The number of ether oxygens (including phenoxy) is 2. The van der Waals surface area contributed by atoms with Crippen molar-refractivity contribution in [1.29, 1.82) is 0 Å². The highest BCUT2D eigenvalue weighted by molar-refractivity contribution is 5.95. The third-order valence-corrected chi connectivity index (χ3v) is 15.7. The summed E-state index contributed by atoms with van der Waals surface area (Å²) < 4.78 is 10.8. The topological polar surface area (TPSA) is 251 Å². The van der Waals surface area contributed by atoms with Gasteiger partial charge in [-0.3, -0.25) is 28.8 Å². The normalized spacial score (nSPS) is 13.9. The fourth-order valence-corrected chi connectivity index (χ4v) is 10.1. The number of unbranched alkanes of at least 4 members (excludes halogenated alkanes) is 9. The first-order valence-electron chi connectivity index (χ1n) is 32.2. The van der Waals surface area contributed by atoms with E-state index in [1.54, 1.807) is 0 Å². The van der Waals surface area contributed by atoms with Crippen LogP contribution in [-0.4, -0.2) is 97.0 Å². The van der Waals surface area contributed by atoms with E-state index < -0.39 is 72.1 Å². The van der Waals surface area contributed by atoms with Crippen molar-refractivity contribution in [3.63, 3.8) is 0 Å². The Morgan fingerprint density at radius 2 is 0.625 bits per heavy atom. The number of rotatable bonds is 41. The van der Waals surface area contributed by atoms with E-state index in [4.69, 9.17) is 9.47 Å². The van der Waals surface area contributed by atoms with Gasteiger partial charge in [-0.1, -0.05) is 241 Å². The first-order chi connectivity index (χ1) is 42.4. The Morgan fingerprint density at radius 1 is 0.341 bits per heavy atom. The molecule has 4 aromatic rings. The number of alkyl carbamates (subject to hydrolysis) is 2. The van der Waals surface area contributed by atoms with Gasteiger partial charge in [0.2, 0.25) is 35.4 Å². The molecule has 88 heavy (non-hydrogen) atoms. The molecular formula is C70H102N8O10. The lowest BCUT2D eigenvalue weighted by Gasteiger charge is -2.28. The summed E-state index contributed by atoms with van der Waals surface area (Å²) in [5.74, 6) is -2.90. The van der Waals surface area contributed by atoms with Crippen LogP contribution in [0, 0.1) is 23.7 Å². The largest absolute Gasteiger partial charge is 0.445 e. The summed E-state index contributed by atoms with van der Waals surface area (Å²) in [5, 5.41) is 23.2. The molecule has 0 aliphatic heterocycles. The lowest BCUT2D eigenvalue weighted by Crippen LogP contribution is -2.58. The van der Waals surface area contributed by atoms with Gasteiger partial charge in [0, 0.05) is 25.9 Å². The molecule has 0 aliphatic rings. The van der Waals surface area contributed by atoms with Gasteiger partial charge in [-0.25, -0.2) is 9.59 Å². The van der Waals surface area contributed by atoms with Gasteiger partial charge in [0.15, 0.2) is 0 Å². The summed E-state index contributed by atoms with van der Waals surface area (Å²) >= 11 is 0. The van der Waals surface area contributed by atoms with Crippen LogP contribution in [-0.2, 0) is 64.3 Å². The Bertz CT molecular complexity index is 2500. The van der Waals surface area contributed by atoms with Crippen molar-refractivity contribution in [2.75, 3.05) is 13.1 Å². The highest BCUT2D eigenvalue weighted by Gasteiger charge is 2.34. The Morgan fingerprint density at radius 3 is 0.920 bits per heavy atom. The number of benzene rings is 4. The molecule has 482 valence electrons. The fourth-order valence-electron chi connectivity index (χ4n) is 10.1. The molecule has 0 saturated heterocycles. The summed E-state index contributed by atoms with van der Waals surface area (Å²) in [6.07, 6.45) is 10.6. The predicted molar refractivity (Wildman–Crippen MR) is 345 cm³/mol. The molecule has 0 spiro atoms. The minimum Gasteiger partial charge on any atom is -0.445 e. The third kappa shape index (κ3) is 28.8. The quantitative estimate of drug-likeness (QED) is 0.0195. The Kier molecular flexibility index (Phi) is 34.2. The van der Waals surface area contributed by atoms with E-state index in [2.05, 4.69) is 42.5 Å². The lowest BCUT2D eigenvalue weighted by atomic mass is 9.96. The van der Waals surface area contributed by atoms with E-state index in [-0.39, 0.29) is 61.5 Å². The molecule has 0 unspecified atom stereocenters. The van der Waals surface area contributed by atoms with Crippen LogP contribution in [0.2, 0.25) is 0 Å². The van der Waals surface area contributed by atoms with Crippen LogP contribution in [0.3, 0.4) is 0 Å². The van der Waals surface area contributed by atoms with Gasteiger partial charge in [-0.15, -0.1) is 0 Å². The Labute approximate surface area is 523 Å². The van der Waals surface area contributed by atoms with Crippen LogP contribution in [0.25, 0.3) is 0 Å². The lowest BCUT2D eigenvalue weighted by molar-refractivity contribution is -0.133. The average Bonchev–Trinajstić information content (AvgIpc) is 3.71. The molecule has 18 heteroatoms. The van der Waals surface area contributed by atoms with Gasteiger partial charge in [0.05, 0.1) is 0 Å². The van der Waals surface area contributed by atoms with Crippen molar-refractivity contribution in [1.82, 2.24) is 42.5 Å². The molecule has 0 fully saturated rings. The smallest absolute Gasteiger partial charge is 0.408 e. The highest BCUT2D eigenvalue weighted by Crippen LogP contribution is 2.16. The minimum absolute atomic E-state index is 0.0362. The second kappa shape index (κ2) is 41.4. The molecule has 0 aromatic heterocycles. The monoisotopic (exact) mass is 1210 g/mol. The molecule has 8 atom stereocenters. The standard InChI is InChI=1S/C70H102N8O10/c1-9-51(7)61(77-65(81)59(45-53-33-23-19-24-34-53)73-63(79)57(43-49(3)4)75-69(85)87-47-55-37-27-21-28-38-55)67(83)71-41-31-17-15-13-11-12-14-16-18-32-42-72-68(84)62(52(8)10-2)78-66(82)60(46-54-35-25-20-26-36-54)74-64(80)58(44-50(5)6)76-70(86)88-48-56-39-29-22-30-40-56/h19-30,33-40,49-52,57-62H,9-18,31-32,41-48H2,1-8H3,(H,71,83)(H,72,84)(H,73,79)(H,74,80)(H,75,85)(H,76,86)(H,77,81)(H,78,82)/t51-,52-,57-,58-,59-,60-,61-,62-/m0/s1. The first-order valence-corrected chi connectivity index (χ1v) is 32.2. The first kappa shape index (κ1) is 72.7. The van der Waals surface area contributed by atoms with Crippen LogP contribution in [0.5, 0.6) is 0 Å². The SMILES string of the molecule is CC[C@H](C)[C@H](NC(=O)[C@H](Cc1ccccc1)NC(=O)[C@H](CC(C)C)NC(=O)OCc1ccccc1)C(=O)NCCCCCCCCCCCCNC(=O)[C@@H](NC(=O)[C@H](Cc1ccccc1)NC(=O)[C@H](CC(C)C)NC(=O)OCc1ccccc1)[C@@H](C)CC. The van der Waals surface area contributed by atoms with Crippen molar-refractivity contribution < 1.29 is 47.8 Å². The zero-order valence-electron chi connectivity index (χ0n) is 53.5. The Hall–Kier alpha value is -7.76. The van der Waals surface area contributed by atoms with Crippen LogP contribution in [0.15, 0.2) is 121 Å². The summed E-state index contributed by atoms with van der Waals surface area (Å²) in [7, 11) is 0. The zero-order chi connectivity index (χ0) is 64.1. The molecule has 4 aromatic carbocycles. The number of carbonyl (C=O) groups is 8. The minimum atomic E-state index is -1.03. The van der Waals surface area contributed by atoms with Crippen LogP contribution in [0.1, 0.15) is 168 Å². The molecule has 4 rings (SSSR count). The molecular weight excluding hydrogens is 1110 g/mol. The van der Waals surface area contributed by atoms with Crippen molar-refractivity contribution in [3.8, 4) is 0 Å². The molecule has 0 saturated carbocycles. The van der Waals surface area contributed by atoms with Crippen LogP contribution < -0.4 is 42.5 Å². The van der Waals surface area contributed by atoms with Gasteiger partial charge in [-0.05, 0) is 71.6 Å². The molecule has 8 N–H and O–H groups in total. The highest BCUT2D eigenvalue weighted by atomic mass is 16.6. The number of carbonyl (C=O) groups excluding carboxylic acids is 8. The van der Waals surface area contributed by atoms with E-state index in [0.717, 1.165) is 86.5 Å². The van der Waals surface area contributed by atoms with Crippen molar-refractivity contribution in [2.24, 2.45) is 23.7 Å². The number of hydrogen-bond acceptors (Lipinski definition) is 10. The molecule has 0 aliphatic carbocycles. The second-order valence-electron chi connectivity index (χ2n) is 24.1. The average molecular weight is 1220 g/mol. The van der Waals surface area contributed by atoms with Crippen molar-refractivity contribution in [2.45, 2.75) is 208 Å². The Balaban J connectivity index is 1.17. The molecule has 0 radical (unpaired) electrons. The van der Waals surface area contributed by atoms with Crippen LogP contribution >= 0.6 is 0 Å². The molecule has 0 heterocycles. The van der Waals surface area contributed by atoms with E-state index >= 15 is 0 Å². The summed E-state index contributed by atoms with van der Waals surface area (Å²) in [6, 6.07) is 31.5. The molecule has 18 nitrogen and oxygen atoms in total. The van der Waals surface area contributed by atoms with E-state index in [0.29, 0.717) is 38.8 Å². The van der Waals surface area contributed by atoms with E-state index in [1.165, 1.54) is 0 Å². The predicted octanol–water partition coefficient (Wildman–Crippen LogP) is 10.3. The number of nitrogens with one attached hydrogen (secondary N) is 8. The van der Waals surface area contributed by atoms with Gasteiger partial charge in [-0.2, -0.15) is 0 Å². The van der Waals surface area contributed by atoms with Crippen LogP contribution in [0.4, 0.5) is 9.59 Å². The summed E-state index contributed by atoms with van der Waals surface area (Å²) in [4.78, 5) is 109. The maximum absolute atomic E-state index is 14.1. The summed E-state index contributed by atoms with van der Waals surface area (Å²) in [6.45, 7) is 16.5. The van der Waals surface area contributed by atoms with E-state index in [1.807, 2.05) is 177 Å². The van der Waals surface area contributed by atoms with Crippen molar-refractivity contribution in [3.05, 3.63) is 144 Å². The zero-order valence-corrected chi connectivity index (χ0v) is 53.5. The number of amides is 8. The van der Waals surface area contributed by atoms with Gasteiger partial charge in [0.25, 0.3) is 0 Å². The third-order valence-electron chi connectivity index (χ3n) is 15.7. The maximum atomic E-state index is 14.1. The molecule has 8 amide bonds. The van der Waals surface area contributed by atoms with Gasteiger partial charge in [0.1, 0.15) is 49.5 Å². The van der Waals surface area contributed by atoms with E-state index in [9.17, 15) is 38.4 Å². The number of hydrogen-bond donors (Lipinski definition) is 8. The molecule has 0 bridgehead atoms. The maximum Gasteiger partial charge on any atom is 0.408 e.